The Balaban J connectivity index is 1.65. The zero-order chi connectivity index (χ0) is 20.9. The third-order valence-electron chi connectivity index (χ3n) is 5.24. The fourth-order valence-corrected chi connectivity index (χ4v) is 5.12. The largest absolute Gasteiger partial charge is 0.348 e. The predicted molar refractivity (Wildman–Crippen MR) is 116 cm³/mol. The van der Waals surface area contributed by atoms with E-state index in [4.69, 9.17) is 0 Å². The highest BCUT2D eigenvalue weighted by Crippen LogP contribution is 2.24. The van der Waals surface area contributed by atoms with Crippen LogP contribution in [0.5, 0.6) is 0 Å². The summed E-state index contributed by atoms with van der Waals surface area (Å²) >= 11 is 0. The second-order valence-corrected chi connectivity index (χ2v) is 9.27. The minimum absolute atomic E-state index is 0.160. The molecule has 29 heavy (non-hydrogen) atoms. The molecule has 1 amide bonds. The Morgan fingerprint density at radius 2 is 1.79 bits per heavy atom. The molecule has 1 N–H and O–H groups in total. The Morgan fingerprint density at radius 1 is 1.07 bits per heavy atom. The molecule has 3 rings (SSSR count). The number of hydrogen-bond acceptors (Lipinski definition) is 4. The zero-order valence-corrected chi connectivity index (χ0v) is 17.9. The lowest BCUT2D eigenvalue weighted by atomic mass is 10.1. The first kappa shape index (κ1) is 21.3. The fraction of sp³-hybridized carbons (Fsp3) is 0.409. The highest BCUT2D eigenvalue weighted by molar-refractivity contribution is 7.93. The summed E-state index contributed by atoms with van der Waals surface area (Å²) in [6, 6.07) is 15.0. The molecule has 0 bridgehead atoms. The van der Waals surface area contributed by atoms with Crippen LogP contribution in [0.4, 0.5) is 5.69 Å². The molecule has 1 saturated heterocycles. The van der Waals surface area contributed by atoms with E-state index in [1.54, 1.807) is 24.3 Å². The highest BCUT2D eigenvalue weighted by atomic mass is 32.2. The number of nitrogens with zero attached hydrogens (tertiary/aromatic N) is 2. The topological polar surface area (TPSA) is 69.7 Å². The average Bonchev–Trinajstić information content (AvgIpc) is 3.09. The molecule has 0 radical (unpaired) electrons. The van der Waals surface area contributed by atoms with E-state index in [0.717, 1.165) is 25.2 Å². The maximum Gasteiger partial charge on any atom is 0.251 e. The molecule has 0 spiro atoms. The first-order chi connectivity index (χ1) is 13.9. The minimum Gasteiger partial charge on any atom is -0.348 e. The van der Waals surface area contributed by atoms with Gasteiger partial charge in [-0.15, -0.1) is 0 Å². The van der Waals surface area contributed by atoms with Crippen molar-refractivity contribution in [1.82, 2.24) is 10.2 Å². The average molecular weight is 416 g/mol. The SMILES string of the molecule is CCN(CC)Cc1cccc(CNC(=O)c2cccc(N3CCCS3(=O)=O)c2)c1. The van der Waals surface area contributed by atoms with E-state index >= 15 is 0 Å². The second kappa shape index (κ2) is 9.41. The van der Waals surface area contributed by atoms with E-state index in [9.17, 15) is 13.2 Å². The Kier molecular flexibility index (Phi) is 6.92. The minimum atomic E-state index is -3.26. The highest BCUT2D eigenvalue weighted by Gasteiger charge is 2.28. The van der Waals surface area contributed by atoms with Crippen LogP contribution in [0, 0.1) is 0 Å². The van der Waals surface area contributed by atoms with Gasteiger partial charge in [0, 0.05) is 25.2 Å². The first-order valence-electron chi connectivity index (χ1n) is 10.1. The molecule has 0 atom stereocenters. The van der Waals surface area contributed by atoms with Gasteiger partial charge in [-0.3, -0.25) is 14.0 Å². The Labute approximate surface area is 173 Å². The second-order valence-electron chi connectivity index (χ2n) is 7.26. The van der Waals surface area contributed by atoms with Gasteiger partial charge in [-0.2, -0.15) is 0 Å². The number of anilines is 1. The van der Waals surface area contributed by atoms with Crippen LogP contribution in [-0.2, 0) is 23.1 Å². The Morgan fingerprint density at radius 3 is 2.48 bits per heavy atom. The Hall–Kier alpha value is -2.38. The summed E-state index contributed by atoms with van der Waals surface area (Å²) in [6.45, 7) is 8.08. The first-order valence-corrected chi connectivity index (χ1v) is 11.7. The molecule has 1 heterocycles. The molecule has 6 nitrogen and oxygen atoms in total. The van der Waals surface area contributed by atoms with Gasteiger partial charge < -0.3 is 5.32 Å². The van der Waals surface area contributed by atoms with Crippen molar-refractivity contribution < 1.29 is 13.2 Å². The van der Waals surface area contributed by atoms with Crippen molar-refractivity contribution in [3.05, 3.63) is 65.2 Å². The quantitative estimate of drug-likeness (QED) is 0.720. The normalized spacial score (nSPS) is 15.6. The molecule has 2 aromatic carbocycles. The van der Waals surface area contributed by atoms with Gasteiger partial charge in [0.1, 0.15) is 0 Å². The fourth-order valence-electron chi connectivity index (χ4n) is 3.56. The number of amides is 1. The standard InChI is InChI=1S/C22H29N3O3S/c1-3-24(4-2)17-19-9-5-8-18(14-19)16-23-22(26)20-10-6-11-21(15-20)25-12-7-13-29(25,27)28/h5-6,8-11,14-15H,3-4,7,12-13,16-17H2,1-2H3,(H,23,26). The van der Waals surface area contributed by atoms with E-state index in [2.05, 4.69) is 36.2 Å². The Bertz CT molecular complexity index is 955. The van der Waals surface area contributed by atoms with Crippen LogP contribution in [0.15, 0.2) is 48.5 Å². The van der Waals surface area contributed by atoms with Crippen molar-refractivity contribution in [3.63, 3.8) is 0 Å². The number of hydrogen-bond donors (Lipinski definition) is 1. The van der Waals surface area contributed by atoms with Gasteiger partial charge in [0.15, 0.2) is 0 Å². The van der Waals surface area contributed by atoms with Gasteiger partial charge in [-0.1, -0.05) is 44.2 Å². The van der Waals surface area contributed by atoms with Crippen LogP contribution in [0.3, 0.4) is 0 Å². The van der Waals surface area contributed by atoms with Crippen LogP contribution in [0.25, 0.3) is 0 Å². The van der Waals surface area contributed by atoms with Crippen molar-refractivity contribution in [2.45, 2.75) is 33.4 Å². The summed E-state index contributed by atoms with van der Waals surface area (Å²) in [5, 5.41) is 2.94. The summed E-state index contributed by atoms with van der Waals surface area (Å²) in [5.74, 6) is -0.0506. The maximum atomic E-state index is 12.6. The molecule has 1 aliphatic rings. The third-order valence-corrected chi connectivity index (χ3v) is 7.11. The molecular weight excluding hydrogens is 386 g/mol. The number of carbonyl (C=O) groups excluding carboxylic acids is 1. The number of rotatable bonds is 8. The van der Waals surface area contributed by atoms with Crippen LogP contribution in [0.1, 0.15) is 41.8 Å². The van der Waals surface area contributed by atoms with Gasteiger partial charge in [0.2, 0.25) is 10.0 Å². The van der Waals surface area contributed by atoms with Crippen molar-refractivity contribution >= 4 is 21.6 Å². The van der Waals surface area contributed by atoms with Gasteiger partial charge in [0.25, 0.3) is 5.91 Å². The summed E-state index contributed by atoms with van der Waals surface area (Å²) < 4.78 is 25.6. The van der Waals surface area contributed by atoms with Crippen molar-refractivity contribution in [2.75, 3.05) is 29.7 Å². The lowest BCUT2D eigenvalue weighted by molar-refractivity contribution is 0.0951. The maximum absolute atomic E-state index is 12.6. The monoisotopic (exact) mass is 415 g/mol. The molecule has 0 unspecified atom stereocenters. The molecule has 0 aromatic heterocycles. The van der Waals surface area contributed by atoms with E-state index in [1.165, 1.54) is 9.87 Å². The summed E-state index contributed by atoms with van der Waals surface area (Å²) in [4.78, 5) is 15.0. The number of sulfonamides is 1. The lowest BCUT2D eigenvalue weighted by Crippen LogP contribution is -2.26. The smallest absolute Gasteiger partial charge is 0.251 e. The van der Waals surface area contributed by atoms with E-state index in [1.807, 2.05) is 12.1 Å². The van der Waals surface area contributed by atoms with Gasteiger partial charge in [0.05, 0.1) is 11.4 Å². The van der Waals surface area contributed by atoms with Gasteiger partial charge in [-0.25, -0.2) is 8.42 Å². The molecule has 2 aromatic rings. The van der Waals surface area contributed by atoms with Gasteiger partial charge >= 0.3 is 0 Å². The van der Waals surface area contributed by atoms with Gasteiger partial charge in [-0.05, 0) is 48.8 Å². The molecule has 0 saturated carbocycles. The van der Waals surface area contributed by atoms with Crippen LogP contribution in [0.2, 0.25) is 0 Å². The van der Waals surface area contributed by atoms with Crippen molar-refractivity contribution in [1.29, 1.82) is 0 Å². The van der Waals surface area contributed by atoms with Crippen molar-refractivity contribution in [3.8, 4) is 0 Å². The zero-order valence-electron chi connectivity index (χ0n) is 17.1. The lowest BCUT2D eigenvalue weighted by Gasteiger charge is -2.18. The van der Waals surface area contributed by atoms with Crippen LogP contribution < -0.4 is 9.62 Å². The summed E-state index contributed by atoms with van der Waals surface area (Å²) in [7, 11) is -3.26. The number of carbonyl (C=O) groups is 1. The number of nitrogens with one attached hydrogen (secondary N) is 1. The van der Waals surface area contributed by atoms with E-state index in [0.29, 0.717) is 30.8 Å². The van der Waals surface area contributed by atoms with E-state index < -0.39 is 10.0 Å². The molecular formula is C22H29N3O3S. The summed E-state index contributed by atoms with van der Waals surface area (Å²) in [6.07, 6.45) is 0.614. The molecule has 7 heteroatoms. The predicted octanol–water partition coefficient (Wildman–Crippen LogP) is 3.00. The molecule has 1 aliphatic heterocycles. The van der Waals surface area contributed by atoms with Crippen LogP contribution in [-0.4, -0.2) is 44.6 Å². The molecule has 0 aliphatic carbocycles. The summed E-state index contributed by atoms with van der Waals surface area (Å²) in [5.41, 5.74) is 3.28. The van der Waals surface area contributed by atoms with E-state index in [-0.39, 0.29) is 11.7 Å². The number of benzene rings is 2. The molecule has 156 valence electrons. The van der Waals surface area contributed by atoms with Crippen LogP contribution >= 0.6 is 0 Å². The molecule has 1 fully saturated rings. The third kappa shape index (κ3) is 5.36. The van der Waals surface area contributed by atoms with Crippen molar-refractivity contribution in [2.24, 2.45) is 0 Å².